The van der Waals surface area contributed by atoms with Gasteiger partial charge in [0.25, 0.3) is 0 Å². The van der Waals surface area contributed by atoms with Gasteiger partial charge >= 0.3 is 0 Å². The molecule has 2 N–H and O–H groups in total. The topological polar surface area (TPSA) is 35.2 Å². The maximum Gasteiger partial charge on any atom is 0.0663 e. The summed E-state index contributed by atoms with van der Waals surface area (Å²) in [5.74, 6) is 0.850. The summed E-state index contributed by atoms with van der Waals surface area (Å²) < 4.78 is 6.15. The van der Waals surface area contributed by atoms with Crippen molar-refractivity contribution < 1.29 is 4.74 Å². The van der Waals surface area contributed by atoms with Crippen LogP contribution in [0.4, 0.5) is 0 Å². The standard InChI is InChI=1S/C19H31NO/c1-5-16-7-6-8-17(11-16)21-12-18(20)19-14(3)9-13(2)10-15(19)4/h9-10,16-18H,5-8,11-12,20H2,1-4H3. The molecule has 1 fully saturated rings. The summed E-state index contributed by atoms with van der Waals surface area (Å²) in [4.78, 5) is 0. The second-order valence-corrected chi connectivity index (χ2v) is 6.82. The van der Waals surface area contributed by atoms with Gasteiger partial charge in [-0.15, -0.1) is 0 Å². The molecule has 2 nitrogen and oxygen atoms in total. The molecule has 0 amide bonds. The van der Waals surface area contributed by atoms with Crippen LogP contribution in [0, 0.1) is 26.7 Å². The largest absolute Gasteiger partial charge is 0.376 e. The van der Waals surface area contributed by atoms with Crippen molar-refractivity contribution in [3.05, 3.63) is 34.4 Å². The summed E-state index contributed by atoms with van der Waals surface area (Å²) in [6, 6.07) is 4.43. The van der Waals surface area contributed by atoms with Gasteiger partial charge in [-0.1, -0.05) is 43.9 Å². The van der Waals surface area contributed by atoms with Crippen molar-refractivity contribution in [1.82, 2.24) is 0 Å². The molecule has 3 unspecified atom stereocenters. The summed E-state index contributed by atoms with van der Waals surface area (Å²) >= 11 is 0. The third kappa shape index (κ3) is 4.31. The van der Waals surface area contributed by atoms with Crippen molar-refractivity contribution >= 4 is 0 Å². The fourth-order valence-corrected chi connectivity index (χ4v) is 3.86. The molecule has 1 aliphatic rings. The van der Waals surface area contributed by atoms with Gasteiger partial charge in [-0.05, 0) is 56.2 Å². The molecule has 2 rings (SSSR count). The van der Waals surface area contributed by atoms with Crippen molar-refractivity contribution in [2.75, 3.05) is 6.61 Å². The van der Waals surface area contributed by atoms with Crippen LogP contribution in [0.5, 0.6) is 0 Å². The smallest absolute Gasteiger partial charge is 0.0663 e. The lowest BCUT2D eigenvalue weighted by atomic mass is 9.85. The lowest BCUT2D eigenvalue weighted by molar-refractivity contribution is 0.00549. The van der Waals surface area contributed by atoms with E-state index >= 15 is 0 Å². The molecular weight excluding hydrogens is 258 g/mol. The molecule has 0 aliphatic heterocycles. The molecule has 0 bridgehead atoms. The number of hydrogen-bond acceptors (Lipinski definition) is 2. The first-order valence-corrected chi connectivity index (χ1v) is 8.46. The van der Waals surface area contributed by atoms with E-state index in [2.05, 4.69) is 39.8 Å². The lowest BCUT2D eigenvalue weighted by Gasteiger charge is -2.29. The van der Waals surface area contributed by atoms with Gasteiger partial charge in [-0.3, -0.25) is 0 Å². The van der Waals surface area contributed by atoms with Crippen LogP contribution < -0.4 is 5.73 Å². The number of rotatable bonds is 5. The molecule has 1 saturated carbocycles. The van der Waals surface area contributed by atoms with Gasteiger partial charge in [0.1, 0.15) is 0 Å². The summed E-state index contributed by atoms with van der Waals surface area (Å²) in [5.41, 5.74) is 11.6. The summed E-state index contributed by atoms with van der Waals surface area (Å²) in [6.07, 6.45) is 6.80. The number of benzene rings is 1. The minimum absolute atomic E-state index is 0.00685. The highest BCUT2D eigenvalue weighted by atomic mass is 16.5. The van der Waals surface area contributed by atoms with Crippen molar-refractivity contribution in [1.29, 1.82) is 0 Å². The minimum atomic E-state index is -0.00685. The van der Waals surface area contributed by atoms with Crippen LogP contribution in [-0.4, -0.2) is 12.7 Å². The molecule has 21 heavy (non-hydrogen) atoms. The number of hydrogen-bond donors (Lipinski definition) is 1. The zero-order chi connectivity index (χ0) is 15.4. The third-order valence-electron chi connectivity index (χ3n) is 4.93. The monoisotopic (exact) mass is 289 g/mol. The molecule has 1 aliphatic carbocycles. The third-order valence-corrected chi connectivity index (χ3v) is 4.93. The Hall–Kier alpha value is -0.860. The predicted octanol–water partition coefficient (Wildman–Crippen LogP) is 4.60. The Morgan fingerprint density at radius 1 is 1.19 bits per heavy atom. The van der Waals surface area contributed by atoms with Crippen LogP contribution in [-0.2, 0) is 4.74 Å². The maximum absolute atomic E-state index is 6.41. The van der Waals surface area contributed by atoms with Gasteiger partial charge < -0.3 is 10.5 Å². The molecule has 0 spiro atoms. The number of aryl methyl sites for hydroxylation is 3. The van der Waals surface area contributed by atoms with E-state index in [0.717, 1.165) is 5.92 Å². The van der Waals surface area contributed by atoms with Crippen molar-refractivity contribution in [3.8, 4) is 0 Å². The first-order chi connectivity index (χ1) is 10.0. The van der Waals surface area contributed by atoms with E-state index in [9.17, 15) is 0 Å². The van der Waals surface area contributed by atoms with Crippen LogP contribution in [0.1, 0.15) is 67.3 Å². The average molecular weight is 289 g/mol. The number of nitrogens with two attached hydrogens (primary N) is 1. The van der Waals surface area contributed by atoms with Crippen molar-refractivity contribution in [3.63, 3.8) is 0 Å². The lowest BCUT2D eigenvalue weighted by Crippen LogP contribution is -2.27. The van der Waals surface area contributed by atoms with E-state index in [1.165, 1.54) is 54.4 Å². The van der Waals surface area contributed by atoms with Crippen LogP contribution in [0.25, 0.3) is 0 Å². The first kappa shape index (κ1) is 16.5. The van der Waals surface area contributed by atoms with Gasteiger partial charge in [0.05, 0.1) is 18.8 Å². The molecule has 1 aromatic rings. The Bertz CT molecular complexity index is 446. The zero-order valence-corrected chi connectivity index (χ0v) is 14.1. The molecule has 0 radical (unpaired) electrons. The van der Waals surface area contributed by atoms with Gasteiger partial charge in [0.2, 0.25) is 0 Å². The molecule has 0 saturated heterocycles. The molecule has 0 heterocycles. The summed E-state index contributed by atoms with van der Waals surface area (Å²) in [7, 11) is 0. The van der Waals surface area contributed by atoms with E-state index in [1.807, 2.05) is 0 Å². The molecule has 0 aromatic heterocycles. The minimum Gasteiger partial charge on any atom is -0.376 e. The van der Waals surface area contributed by atoms with E-state index in [1.54, 1.807) is 0 Å². The van der Waals surface area contributed by atoms with Crippen molar-refractivity contribution in [2.45, 2.75) is 71.9 Å². The Morgan fingerprint density at radius 3 is 2.48 bits per heavy atom. The van der Waals surface area contributed by atoms with Crippen LogP contribution in [0.15, 0.2) is 12.1 Å². The predicted molar refractivity (Wildman–Crippen MR) is 89.6 cm³/mol. The Balaban J connectivity index is 1.94. The summed E-state index contributed by atoms with van der Waals surface area (Å²) in [6.45, 7) is 9.38. The van der Waals surface area contributed by atoms with Crippen LogP contribution in [0.3, 0.4) is 0 Å². The van der Waals surface area contributed by atoms with Crippen molar-refractivity contribution in [2.24, 2.45) is 11.7 Å². The zero-order valence-electron chi connectivity index (χ0n) is 14.1. The van der Waals surface area contributed by atoms with Gasteiger partial charge in [0.15, 0.2) is 0 Å². The first-order valence-electron chi connectivity index (χ1n) is 8.46. The highest BCUT2D eigenvalue weighted by Gasteiger charge is 2.22. The number of ether oxygens (including phenoxy) is 1. The van der Waals surface area contributed by atoms with Gasteiger partial charge in [-0.2, -0.15) is 0 Å². The molecule has 118 valence electrons. The van der Waals surface area contributed by atoms with E-state index in [-0.39, 0.29) is 6.04 Å². The SMILES string of the molecule is CCC1CCCC(OCC(N)c2c(C)cc(C)cc2C)C1. The molecule has 2 heteroatoms. The Kier molecular flexibility index (Phi) is 5.83. The van der Waals surface area contributed by atoms with E-state index in [0.29, 0.717) is 12.7 Å². The highest BCUT2D eigenvalue weighted by molar-refractivity contribution is 5.39. The fraction of sp³-hybridized carbons (Fsp3) is 0.684. The van der Waals surface area contributed by atoms with E-state index in [4.69, 9.17) is 10.5 Å². The second kappa shape index (κ2) is 7.42. The molecular formula is C19H31NO. The average Bonchev–Trinajstić information content (AvgIpc) is 2.44. The fourth-order valence-electron chi connectivity index (χ4n) is 3.86. The van der Waals surface area contributed by atoms with E-state index < -0.39 is 0 Å². The summed E-state index contributed by atoms with van der Waals surface area (Å²) in [5, 5.41) is 0. The van der Waals surface area contributed by atoms with Crippen LogP contribution in [0.2, 0.25) is 0 Å². The Morgan fingerprint density at radius 2 is 1.86 bits per heavy atom. The normalized spacial score (nSPS) is 24.0. The molecule has 3 atom stereocenters. The second-order valence-electron chi connectivity index (χ2n) is 6.82. The quantitative estimate of drug-likeness (QED) is 0.860. The Labute approximate surface area is 130 Å². The van der Waals surface area contributed by atoms with Gasteiger partial charge in [0, 0.05) is 0 Å². The molecule has 1 aromatic carbocycles. The van der Waals surface area contributed by atoms with Gasteiger partial charge in [-0.25, -0.2) is 0 Å². The van der Waals surface area contributed by atoms with Crippen LogP contribution >= 0.6 is 0 Å². The maximum atomic E-state index is 6.41. The highest BCUT2D eigenvalue weighted by Crippen LogP contribution is 2.29.